The van der Waals surface area contributed by atoms with Crippen molar-refractivity contribution in [1.82, 2.24) is 14.7 Å². The molecule has 0 aliphatic heterocycles. The number of aromatic nitrogens is 2. The monoisotopic (exact) mass is 287 g/mol. The van der Waals surface area contributed by atoms with Crippen LogP contribution in [0, 0.1) is 6.92 Å². The molecule has 2 aromatic rings. The Balaban J connectivity index is 2.21. The van der Waals surface area contributed by atoms with Crippen molar-refractivity contribution in [3.05, 3.63) is 47.8 Å². The Morgan fingerprint density at radius 1 is 1.33 bits per heavy atom. The average molecular weight is 287 g/mol. The lowest BCUT2D eigenvalue weighted by molar-refractivity contribution is -0.138. The van der Waals surface area contributed by atoms with E-state index >= 15 is 0 Å². The van der Waals surface area contributed by atoms with Crippen molar-refractivity contribution in [2.75, 3.05) is 6.54 Å². The van der Waals surface area contributed by atoms with Crippen LogP contribution in [0.15, 0.2) is 36.5 Å². The molecule has 1 N–H and O–H groups in total. The highest BCUT2D eigenvalue weighted by molar-refractivity contribution is 5.69. The van der Waals surface area contributed by atoms with Crippen molar-refractivity contribution in [1.29, 1.82) is 0 Å². The zero-order valence-electron chi connectivity index (χ0n) is 12.7. The molecule has 0 atom stereocenters. The summed E-state index contributed by atoms with van der Waals surface area (Å²) in [6.07, 6.45) is 1.97. The first-order valence-electron chi connectivity index (χ1n) is 7.03. The van der Waals surface area contributed by atoms with Gasteiger partial charge in [-0.2, -0.15) is 5.10 Å². The molecule has 1 heterocycles. The van der Waals surface area contributed by atoms with Crippen LogP contribution in [-0.4, -0.2) is 38.3 Å². The van der Waals surface area contributed by atoms with Gasteiger partial charge in [0.25, 0.3) is 0 Å². The van der Waals surface area contributed by atoms with Gasteiger partial charge in [-0.25, -0.2) is 4.68 Å². The van der Waals surface area contributed by atoms with E-state index in [-0.39, 0.29) is 12.6 Å². The Morgan fingerprint density at radius 3 is 2.57 bits per heavy atom. The maximum Gasteiger partial charge on any atom is 0.317 e. The fourth-order valence-electron chi connectivity index (χ4n) is 2.18. The van der Waals surface area contributed by atoms with Crippen LogP contribution in [0.25, 0.3) is 5.69 Å². The third-order valence-corrected chi connectivity index (χ3v) is 3.46. The second-order valence-electron chi connectivity index (χ2n) is 5.41. The van der Waals surface area contributed by atoms with E-state index in [9.17, 15) is 4.79 Å². The molecule has 0 bridgehead atoms. The maximum atomic E-state index is 11.0. The van der Waals surface area contributed by atoms with Crippen LogP contribution in [0.1, 0.15) is 25.1 Å². The predicted octanol–water partition coefficient (Wildman–Crippen LogP) is 2.48. The summed E-state index contributed by atoms with van der Waals surface area (Å²) < 4.78 is 1.84. The van der Waals surface area contributed by atoms with Gasteiger partial charge in [0.05, 0.1) is 17.9 Å². The van der Waals surface area contributed by atoms with Crippen molar-refractivity contribution in [2.24, 2.45) is 0 Å². The summed E-state index contributed by atoms with van der Waals surface area (Å²) in [5.41, 5.74) is 2.98. The first-order chi connectivity index (χ1) is 9.97. The Bertz CT molecular complexity index is 605. The van der Waals surface area contributed by atoms with Crippen molar-refractivity contribution >= 4 is 5.97 Å². The number of rotatable bonds is 6. The molecule has 21 heavy (non-hydrogen) atoms. The Labute approximate surface area is 124 Å². The Morgan fingerprint density at radius 2 is 2.00 bits per heavy atom. The van der Waals surface area contributed by atoms with Crippen LogP contribution in [0.3, 0.4) is 0 Å². The van der Waals surface area contributed by atoms with Gasteiger partial charge >= 0.3 is 5.97 Å². The van der Waals surface area contributed by atoms with E-state index in [0.717, 1.165) is 16.9 Å². The molecule has 0 aliphatic carbocycles. The molecule has 5 nitrogen and oxygen atoms in total. The number of carbonyl (C=O) groups is 1. The van der Waals surface area contributed by atoms with E-state index in [4.69, 9.17) is 5.11 Å². The van der Waals surface area contributed by atoms with Gasteiger partial charge in [0.1, 0.15) is 0 Å². The number of para-hydroxylation sites is 1. The summed E-state index contributed by atoms with van der Waals surface area (Å²) in [4.78, 5) is 12.9. The van der Waals surface area contributed by atoms with E-state index in [2.05, 4.69) is 5.10 Å². The van der Waals surface area contributed by atoms with Gasteiger partial charge in [0.15, 0.2) is 0 Å². The summed E-state index contributed by atoms with van der Waals surface area (Å²) in [5, 5.41) is 13.5. The van der Waals surface area contributed by atoms with Crippen LogP contribution in [0.5, 0.6) is 0 Å². The summed E-state index contributed by atoms with van der Waals surface area (Å²) in [7, 11) is 0. The second-order valence-corrected chi connectivity index (χ2v) is 5.41. The fraction of sp³-hybridized carbons (Fsp3) is 0.375. The van der Waals surface area contributed by atoms with Crippen LogP contribution in [0.4, 0.5) is 0 Å². The number of hydrogen-bond acceptors (Lipinski definition) is 3. The van der Waals surface area contributed by atoms with Crippen molar-refractivity contribution in [3.8, 4) is 5.69 Å². The number of aryl methyl sites for hydroxylation is 1. The van der Waals surface area contributed by atoms with E-state index < -0.39 is 5.97 Å². The summed E-state index contributed by atoms with van der Waals surface area (Å²) in [6, 6.07) is 10.1. The van der Waals surface area contributed by atoms with E-state index in [0.29, 0.717) is 6.54 Å². The molecule has 0 fully saturated rings. The number of nitrogens with zero attached hydrogens (tertiary/aromatic N) is 3. The molecule has 0 unspecified atom stereocenters. The molecular weight excluding hydrogens is 266 g/mol. The molecule has 0 spiro atoms. The summed E-state index contributed by atoms with van der Waals surface area (Å²) >= 11 is 0. The lowest BCUT2D eigenvalue weighted by Crippen LogP contribution is -2.35. The second kappa shape index (κ2) is 6.54. The lowest BCUT2D eigenvalue weighted by atomic mass is 10.2. The first-order valence-corrected chi connectivity index (χ1v) is 7.03. The van der Waals surface area contributed by atoms with Gasteiger partial charge in [-0.3, -0.25) is 9.69 Å². The lowest BCUT2D eigenvalue weighted by Gasteiger charge is -2.24. The molecule has 2 rings (SSSR count). The standard InChI is InChI=1S/C16H21N3O2/c1-12(2)18(11-16(20)21)9-14-10-19(17-13(14)3)15-7-5-4-6-8-15/h4-8,10,12H,9,11H2,1-3H3,(H,20,21). The van der Waals surface area contributed by atoms with Crippen LogP contribution < -0.4 is 0 Å². The largest absolute Gasteiger partial charge is 0.480 e. The zero-order chi connectivity index (χ0) is 15.4. The van der Waals surface area contributed by atoms with E-state index in [1.807, 2.05) is 66.9 Å². The number of hydrogen-bond donors (Lipinski definition) is 1. The van der Waals surface area contributed by atoms with Crippen molar-refractivity contribution < 1.29 is 9.90 Å². The van der Waals surface area contributed by atoms with Crippen LogP contribution >= 0.6 is 0 Å². The highest BCUT2D eigenvalue weighted by Crippen LogP contribution is 2.15. The van der Waals surface area contributed by atoms with Gasteiger partial charge in [-0.1, -0.05) is 18.2 Å². The third kappa shape index (κ3) is 3.92. The van der Waals surface area contributed by atoms with Crippen molar-refractivity contribution in [2.45, 2.75) is 33.4 Å². The molecule has 0 amide bonds. The van der Waals surface area contributed by atoms with Gasteiger partial charge in [-0.15, -0.1) is 0 Å². The number of aliphatic carboxylic acids is 1. The quantitative estimate of drug-likeness (QED) is 0.886. The van der Waals surface area contributed by atoms with Gasteiger partial charge < -0.3 is 5.11 Å². The molecular formula is C16H21N3O2. The van der Waals surface area contributed by atoms with E-state index in [1.165, 1.54) is 0 Å². The molecule has 0 saturated heterocycles. The Kier molecular flexibility index (Phi) is 4.75. The molecule has 112 valence electrons. The minimum atomic E-state index is -0.809. The highest BCUT2D eigenvalue weighted by Gasteiger charge is 2.16. The zero-order valence-corrected chi connectivity index (χ0v) is 12.7. The van der Waals surface area contributed by atoms with Crippen LogP contribution in [0.2, 0.25) is 0 Å². The van der Waals surface area contributed by atoms with Crippen molar-refractivity contribution in [3.63, 3.8) is 0 Å². The molecule has 5 heteroatoms. The van der Waals surface area contributed by atoms with Gasteiger partial charge in [0.2, 0.25) is 0 Å². The first kappa shape index (κ1) is 15.3. The third-order valence-electron chi connectivity index (χ3n) is 3.46. The molecule has 1 aromatic heterocycles. The normalized spacial score (nSPS) is 11.3. The average Bonchev–Trinajstić information content (AvgIpc) is 2.80. The summed E-state index contributed by atoms with van der Waals surface area (Å²) in [5.74, 6) is -0.809. The Hall–Kier alpha value is -2.14. The molecule has 0 aliphatic rings. The number of benzene rings is 1. The molecule has 0 radical (unpaired) electrons. The topological polar surface area (TPSA) is 58.4 Å². The molecule has 0 saturated carbocycles. The van der Waals surface area contributed by atoms with E-state index in [1.54, 1.807) is 0 Å². The molecule has 1 aromatic carbocycles. The maximum absolute atomic E-state index is 11.0. The SMILES string of the molecule is Cc1nn(-c2ccccc2)cc1CN(CC(=O)O)C(C)C. The predicted molar refractivity (Wildman–Crippen MR) is 81.5 cm³/mol. The smallest absolute Gasteiger partial charge is 0.317 e. The minimum absolute atomic E-state index is 0.0353. The van der Waals surface area contributed by atoms with Gasteiger partial charge in [0, 0.05) is 24.3 Å². The van der Waals surface area contributed by atoms with Crippen LogP contribution in [-0.2, 0) is 11.3 Å². The number of carboxylic acid groups (broad SMARTS) is 1. The minimum Gasteiger partial charge on any atom is -0.480 e. The number of carboxylic acids is 1. The summed E-state index contributed by atoms with van der Waals surface area (Å²) in [6.45, 7) is 6.57. The van der Waals surface area contributed by atoms with Gasteiger partial charge in [-0.05, 0) is 32.9 Å². The fourth-order valence-corrected chi connectivity index (χ4v) is 2.18. The highest BCUT2D eigenvalue weighted by atomic mass is 16.4.